The number of aromatic nitrogens is 2. The van der Waals surface area contributed by atoms with Crippen LogP contribution in [0.15, 0.2) is 33.6 Å². The summed E-state index contributed by atoms with van der Waals surface area (Å²) in [6.45, 7) is 0.432. The lowest BCUT2D eigenvalue weighted by Crippen LogP contribution is -2.01. The number of hydrogen-bond acceptors (Lipinski definition) is 4. The fourth-order valence-corrected chi connectivity index (χ4v) is 2.86. The van der Waals surface area contributed by atoms with Gasteiger partial charge in [0.25, 0.3) is 0 Å². The minimum atomic E-state index is -0.238. The van der Waals surface area contributed by atoms with Gasteiger partial charge in [-0.05, 0) is 40.2 Å². The zero-order chi connectivity index (χ0) is 14.5. The molecule has 0 radical (unpaired) electrons. The molecule has 0 aliphatic rings. The fraction of sp³-hybridized carbons (Fsp3) is 0.231. The summed E-state index contributed by atoms with van der Waals surface area (Å²) >= 11 is 10.2. The number of methoxy groups -OCH3 is 1. The lowest BCUT2D eigenvalue weighted by molar-refractivity contribution is 0.180. The summed E-state index contributed by atoms with van der Waals surface area (Å²) < 4.78 is 19.2. The molecule has 0 aliphatic heterocycles. The number of halogens is 2. The maximum Gasteiger partial charge on any atom is 0.144 e. The molecule has 0 atom stereocenters. The molecule has 2 rings (SSSR count). The number of ether oxygens (including phenoxy) is 1. The zero-order valence-electron chi connectivity index (χ0n) is 10.7. The van der Waals surface area contributed by atoms with Crippen molar-refractivity contribution in [2.24, 2.45) is 0 Å². The third-order valence-electron chi connectivity index (χ3n) is 2.46. The van der Waals surface area contributed by atoms with Gasteiger partial charge in [-0.2, -0.15) is 0 Å². The summed E-state index contributed by atoms with van der Waals surface area (Å²) in [6.07, 6.45) is 0. The average molecular weight is 375 g/mol. The minimum absolute atomic E-state index is 0.238. The van der Waals surface area contributed by atoms with Crippen LogP contribution in [0.4, 0.5) is 4.39 Å². The highest BCUT2D eigenvalue weighted by molar-refractivity contribution is 9.10. The second kappa shape index (κ2) is 7.31. The van der Waals surface area contributed by atoms with E-state index in [0.717, 1.165) is 20.9 Å². The highest BCUT2D eigenvalue weighted by Gasteiger charge is 2.07. The van der Waals surface area contributed by atoms with Gasteiger partial charge in [0.2, 0.25) is 0 Å². The van der Waals surface area contributed by atoms with Gasteiger partial charge >= 0.3 is 0 Å². The van der Waals surface area contributed by atoms with Crippen molar-refractivity contribution in [2.75, 3.05) is 7.11 Å². The lowest BCUT2D eigenvalue weighted by Gasteiger charge is -2.07. The molecule has 0 saturated heterocycles. The third-order valence-corrected chi connectivity index (χ3v) is 4.90. The van der Waals surface area contributed by atoms with Crippen LogP contribution < -0.4 is 0 Å². The Balaban J connectivity index is 2.13. The molecule has 0 fully saturated rings. The van der Waals surface area contributed by atoms with Crippen LogP contribution in [-0.2, 0) is 17.1 Å². The second-order valence-corrected chi connectivity index (χ2v) is 6.19. The monoisotopic (exact) mass is 374 g/mol. The van der Waals surface area contributed by atoms with Crippen LogP contribution in [0.5, 0.6) is 0 Å². The van der Waals surface area contributed by atoms with Crippen LogP contribution in [0.25, 0.3) is 0 Å². The van der Waals surface area contributed by atoms with E-state index < -0.39 is 0 Å². The van der Waals surface area contributed by atoms with Gasteiger partial charge in [-0.25, -0.2) is 9.37 Å². The quantitative estimate of drug-likeness (QED) is 0.618. The van der Waals surface area contributed by atoms with Gasteiger partial charge in [-0.3, -0.25) is 0 Å². The van der Waals surface area contributed by atoms with Gasteiger partial charge in [0.1, 0.15) is 16.3 Å². The van der Waals surface area contributed by atoms with E-state index in [-0.39, 0.29) is 5.82 Å². The molecule has 0 bridgehead atoms. The molecule has 1 N–H and O–H groups in total. The Labute approximate surface area is 134 Å². The molecule has 20 heavy (non-hydrogen) atoms. The summed E-state index contributed by atoms with van der Waals surface area (Å²) in [6, 6.07) is 6.36. The number of thioether (sulfide) groups is 1. The Morgan fingerprint density at radius 1 is 1.40 bits per heavy atom. The van der Waals surface area contributed by atoms with E-state index in [9.17, 15) is 4.39 Å². The SMILES string of the molecule is COCc1[nH]c(CSc2ccc(F)cc2)nc(=S)c1Br. The summed E-state index contributed by atoms with van der Waals surface area (Å²) in [5.41, 5.74) is 0.863. The maximum atomic E-state index is 12.8. The minimum Gasteiger partial charge on any atom is -0.378 e. The Morgan fingerprint density at radius 2 is 2.10 bits per heavy atom. The third kappa shape index (κ3) is 4.12. The van der Waals surface area contributed by atoms with Gasteiger partial charge in [-0.15, -0.1) is 11.8 Å². The van der Waals surface area contributed by atoms with Crippen molar-refractivity contribution in [1.29, 1.82) is 0 Å². The van der Waals surface area contributed by atoms with Crippen LogP contribution >= 0.6 is 39.9 Å². The number of aromatic amines is 1. The van der Waals surface area contributed by atoms with Crippen molar-refractivity contribution in [3.05, 3.63) is 50.7 Å². The Bertz CT molecular complexity index is 646. The lowest BCUT2D eigenvalue weighted by atomic mass is 10.4. The Morgan fingerprint density at radius 3 is 2.75 bits per heavy atom. The van der Waals surface area contributed by atoms with Crippen molar-refractivity contribution in [2.45, 2.75) is 17.3 Å². The van der Waals surface area contributed by atoms with Crippen LogP contribution in [0.1, 0.15) is 11.5 Å². The number of benzene rings is 1. The first kappa shape index (κ1) is 15.6. The Kier molecular flexibility index (Phi) is 5.71. The van der Waals surface area contributed by atoms with Gasteiger partial charge < -0.3 is 9.72 Å². The molecule has 0 unspecified atom stereocenters. The molecule has 1 aromatic heterocycles. The molecule has 0 aliphatic carbocycles. The number of nitrogens with zero attached hydrogens (tertiary/aromatic N) is 1. The molecule has 0 spiro atoms. The molecule has 7 heteroatoms. The standard InChI is InChI=1S/C13H12BrFN2OS2/c1-18-6-10-12(14)13(19)17-11(16-10)7-20-9-4-2-8(15)3-5-9/h2-5H,6-7H2,1H3,(H,16,17,19). The van der Waals surface area contributed by atoms with E-state index in [1.807, 2.05) is 0 Å². The molecule has 3 nitrogen and oxygen atoms in total. The normalized spacial score (nSPS) is 10.8. The van der Waals surface area contributed by atoms with Crippen molar-refractivity contribution in [1.82, 2.24) is 9.97 Å². The van der Waals surface area contributed by atoms with Crippen molar-refractivity contribution in [3.63, 3.8) is 0 Å². The zero-order valence-corrected chi connectivity index (χ0v) is 13.9. The molecular weight excluding hydrogens is 363 g/mol. The maximum absolute atomic E-state index is 12.8. The van der Waals surface area contributed by atoms with E-state index in [4.69, 9.17) is 17.0 Å². The first-order valence-electron chi connectivity index (χ1n) is 5.75. The van der Waals surface area contributed by atoms with Crippen molar-refractivity contribution in [3.8, 4) is 0 Å². The van der Waals surface area contributed by atoms with E-state index in [2.05, 4.69) is 25.9 Å². The largest absolute Gasteiger partial charge is 0.378 e. The topological polar surface area (TPSA) is 37.9 Å². The van der Waals surface area contributed by atoms with E-state index in [1.165, 1.54) is 12.1 Å². The van der Waals surface area contributed by atoms with Crippen LogP contribution in [-0.4, -0.2) is 17.1 Å². The predicted molar refractivity (Wildman–Crippen MR) is 83.8 cm³/mol. The molecular formula is C13H12BrFN2OS2. The highest BCUT2D eigenvalue weighted by atomic mass is 79.9. The van der Waals surface area contributed by atoms with Crippen LogP contribution in [0, 0.1) is 10.5 Å². The number of nitrogens with one attached hydrogen (secondary N) is 1. The molecule has 1 aromatic carbocycles. The first-order valence-corrected chi connectivity index (χ1v) is 7.93. The number of rotatable bonds is 5. The second-order valence-electron chi connectivity index (χ2n) is 3.96. The van der Waals surface area contributed by atoms with Gasteiger partial charge in [-0.1, -0.05) is 12.2 Å². The summed E-state index contributed by atoms with van der Waals surface area (Å²) in [5.74, 6) is 1.15. The van der Waals surface area contributed by atoms with Gasteiger partial charge in [0, 0.05) is 12.0 Å². The van der Waals surface area contributed by atoms with Crippen molar-refractivity contribution >= 4 is 39.9 Å². The van der Waals surface area contributed by atoms with Gasteiger partial charge in [0.05, 0.1) is 22.5 Å². The van der Waals surface area contributed by atoms with Crippen LogP contribution in [0.3, 0.4) is 0 Å². The Hall–Kier alpha value is -0.760. The summed E-state index contributed by atoms with van der Waals surface area (Å²) in [7, 11) is 1.62. The van der Waals surface area contributed by atoms with Gasteiger partial charge in [0.15, 0.2) is 0 Å². The van der Waals surface area contributed by atoms with E-state index in [1.54, 1.807) is 31.0 Å². The highest BCUT2D eigenvalue weighted by Crippen LogP contribution is 2.23. The molecule has 1 heterocycles. The van der Waals surface area contributed by atoms with Crippen molar-refractivity contribution < 1.29 is 9.13 Å². The molecule has 106 valence electrons. The molecule has 2 aromatic rings. The van der Waals surface area contributed by atoms with E-state index in [0.29, 0.717) is 17.0 Å². The first-order chi connectivity index (χ1) is 9.60. The molecule has 0 amide bonds. The predicted octanol–water partition coefficient (Wildman–Crippen LogP) is 4.48. The fourth-order valence-electron chi connectivity index (χ4n) is 1.55. The number of hydrogen-bond donors (Lipinski definition) is 1. The summed E-state index contributed by atoms with van der Waals surface area (Å²) in [5, 5.41) is 0. The summed E-state index contributed by atoms with van der Waals surface area (Å²) in [4.78, 5) is 8.48. The smallest absolute Gasteiger partial charge is 0.144 e. The van der Waals surface area contributed by atoms with Crippen LogP contribution in [0.2, 0.25) is 0 Å². The average Bonchev–Trinajstić information content (AvgIpc) is 2.44. The number of H-pyrrole nitrogens is 1. The molecule has 0 saturated carbocycles. The van der Waals surface area contributed by atoms with E-state index >= 15 is 0 Å².